The minimum absolute atomic E-state index is 0.0331. The molecule has 5 aromatic rings. The third kappa shape index (κ3) is 4.96. The van der Waals surface area contributed by atoms with Crippen LogP contribution in [0.1, 0.15) is 22.8 Å². The number of carbonyl (C=O) groups excluding carboxylic acids is 2. The third-order valence-electron chi connectivity index (χ3n) is 5.63. The average Bonchev–Trinajstić information content (AvgIpc) is 3.33. The molecule has 0 fully saturated rings. The van der Waals surface area contributed by atoms with Crippen LogP contribution in [0.25, 0.3) is 22.4 Å². The molecule has 172 valence electrons. The molecule has 0 bridgehead atoms. The Balaban J connectivity index is 1.29. The van der Waals surface area contributed by atoms with Crippen molar-refractivity contribution in [1.29, 1.82) is 0 Å². The summed E-state index contributed by atoms with van der Waals surface area (Å²) in [5.41, 5.74) is 4.33. The Labute approximate surface area is 202 Å². The fourth-order valence-electron chi connectivity index (χ4n) is 3.76. The zero-order valence-electron chi connectivity index (χ0n) is 19.1. The van der Waals surface area contributed by atoms with E-state index in [4.69, 9.17) is 4.74 Å². The van der Waals surface area contributed by atoms with E-state index in [1.54, 1.807) is 25.1 Å². The normalized spacial score (nSPS) is 11.7. The van der Waals surface area contributed by atoms with Crippen LogP contribution in [0.3, 0.4) is 0 Å². The van der Waals surface area contributed by atoms with E-state index in [1.165, 1.54) is 0 Å². The van der Waals surface area contributed by atoms with Gasteiger partial charge in [-0.3, -0.25) is 9.59 Å². The van der Waals surface area contributed by atoms with Crippen LogP contribution < -0.4 is 10.1 Å². The van der Waals surface area contributed by atoms with Crippen molar-refractivity contribution in [1.82, 2.24) is 9.97 Å². The number of nitrogens with zero attached hydrogens (tertiary/aromatic N) is 1. The van der Waals surface area contributed by atoms with Gasteiger partial charge < -0.3 is 15.0 Å². The second-order valence-corrected chi connectivity index (χ2v) is 8.15. The molecule has 0 aliphatic carbocycles. The van der Waals surface area contributed by atoms with E-state index in [1.807, 2.05) is 84.9 Å². The lowest BCUT2D eigenvalue weighted by molar-refractivity contribution is -0.122. The first-order valence-corrected chi connectivity index (χ1v) is 11.3. The van der Waals surface area contributed by atoms with Crippen molar-refractivity contribution >= 4 is 28.4 Å². The van der Waals surface area contributed by atoms with Crippen LogP contribution in [0.2, 0.25) is 0 Å². The number of rotatable bonds is 7. The van der Waals surface area contributed by atoms with Gasteiger partial charge in [-0.05, 0) is 61.5 Å². The molecule has 0 unspecified atom stereocenters. The van der Waals surface area contributed by atoms with E-state index >= 15 is 0 Å². The minimum Gasteiger partial charge on any atom is -0.481 e. The monoisotopic (exact) mass is 461 g/mol. The molecule has 35 heavy (non-hydrogen) atoms. The van der Waals surface area contributed by atoms with Crippen molar-refractivity contribution in [3.63, 3.8) is 0 Å². The third-order valence-corrected chi connectivity index (χ3v) is 5.63. The van der Waals surface area contributed by atoms with Crippen molar-refractivity contribution in [3.05, 3.63) is 114 Å². The van der Waals surface area contributed by atoms with Gasteiger partial charge in [0.25, 0.3) is 5.91 Å². The van der Waals surface area contributed by atoms with E-state index in [0.29, 0.717) is 28.4 Å². The number of H-pyrrole nitrogens is 1. The molecular weight excluding hydrogens is 438 g/mol. The van der Waals surface area contributed by atoms with E-state index < -0.39 is 6.10 Å². The van der Waals surface area contributed by atoms with Gasteiger partial charge in [-0.1, -0.05) is 48.5 Å². The summed E-state index contributed by atoms with van der Waals surface area (Å²) in [6.07, 6.45) is -0.639. The standard InChI is InChI=1S/C29H23N3O3/c1-19(35-24-10-6-3-7-11-24)29(34)30-23-15-12-21(13-16-23)28-31-25-17-14-22(18-26(25)32-28)27(33)20-8-4-2-5-9-20/h2-19H,1H3,(H,30,34)(H,31,32)/t19-/m1/s1. The van der Waals surface area contributed by atoms with Gasteiger partial charge in [-0.15, -0.1) is 0 Å². The number of hydrogen-bond donors (Lipinski definition) is 2. The quantitative estimate of drug-likeness (QED) is 0.297. The summed E-state index contributed by atoms with van der Waals surface area (Å²) < 4.78 is 5.68. The number of amides is 1. The van der Waals surface area contributed by atoms with Crippen molar-refractivity contribution in [2.45, 2.75) is 13.0 Å². The highest BCUT2D eigenvalue weighted by molar-refractivity contribution is 6.10. The summed E-state index contributed by atoms with van der Waals surface area (Å²) in [6.45, 7) is 1.71. The number of nitrogens with one attached hydrogen (secondary N) is 2. The van der Waals surface area contributed by atoms with Crippen LogP contribution in [-0.4, -0.2) is 27.8 Å². The number of benzene rings is 4. The summed E-state index contributed by atoms with van der Waals surface area (Å²) in [7, 11) is 0. The SMILES string of the molecule is C[C@@H](Oc1ccccc1)C(=O)Nc1ccc(-c2nc3ccc(C(=O)c4ccccc4)cc3[nH]2)cc1. The fraction of sp³-hybridized carbons (Fsp3) is 0.0690. The van der Waals surface area contributed by atoms with Gasteiger partial charge in [-0.25, -0.2) is 4.98 Å². The lowest BCUT2D eigenvalue weighted by Crippen LogP contribution is -2.30. The number of aromatic amines is 1. The first-order chi connectivity index (χ1) is 17.1. The highest BCUT2D eigenvalue weighted by atomic mass is 16.5. The van der Waals surface area contributed by atoms with Gasteiger partial charge in [0.05, 0.1) is 11.0 Å². The molecule has 1 atom stereocenters. The average molecular weight is 462 g/mol. The number of imidazole rings is 1. The lowest BCUT2D eigenvalue weighted by atomic mass is 10.0. The van der Waals surface area contributed by atoms with Crippen LogP contribution >= 0.6 is 0 Å². The summed E-state index contributed by atoms with van der Waals surface area (Å²) in [5, 5.41) is 2.87. The smallest absolute Gasteiger partial charge is 0.265 e. The predicted octanol–water partition coefficient (Wildman–Crippen LogP) is 5.87. The number of ketones is 1. The Morgan fingerprint density at radius 3 is 2.23 bits per heavy atom. The minimum atomic E-state index is -0.639. The molecule has 1 aromatic heterocycles. The van der Waals surface area contributed by atoms with Crippen molar-refractivity contribution in [2.75, 3.05) is 5.32 Å². The maximum absolute atomic E-state index is 12.8. The molecule has 1 heterocycles. The van der Waals surface area contributed by atoms with Crippen LogP contribution in [0, 0.1) is 0 Å². The van der Waals surface area contributed by atoms with Crippen LogP contribution in [0.15, 0.2) is 103 Å². The second-order valence-electron chi connectivity index (χ2n) is 8.15. The number of ether oxygens (including phenoxy) is 1. The molecule has 0 aliphatic heterocycles. The van der Waals surface area contributed by atoms with E-state index in [0.717, 1.165) is 16.6 Å². The topological polar surface area (TPSA) is 84.1 Å². The number of carbonyl (C=O) groups is 2. The molecule has 0 spiro atoms. The highest BCUT2D eigenvalue weighted by Gasteiger charge is 2.15. The zero-order chi connectivity index (χ0) is 24.2. The number of hydrogen-bond acceptors (Lipinski definition) is 4. The summed E-state index contributed by atoms with van der Waals surface area (Å²) in [6, 6.07) is 31.3. The van der Waals surface area contributed by atoms with E-state index in [2.05, 4.69) is 15.3 Å². The molecule has 5 rings (SSSR count). The maximum Gasteiger partial charge on any atom is 0.265 e. The fourth-order valence-corrected chi connectivity index (χ4v) is 3.76. The summed E-state index contributed by atoms with van der Waals surface area (Å²) in [5.74, 6) is 1.06. The Bertz CT molecular complexity index is 1480. The number of aromatic nitrogens is 2. The second kappa shape index (κ2) is 9.65. The van der Waals surface area contributed by atoms with Gasteiger partial charge >= 0.3 is 0 Å². The highest BCUT2D eigenvalue weighted by Crippen LogP contribution is 2.24. The Kier molecular flexibility index (Phi) is 6.09. The number of fused-ring (bicyclic) bond motifs is 1. The van der Waals surface area contributed by atoms with E-state index in [9.17, 15) is 9.59 Å². The Morgan fingerprint density at radius 1 is 0.829 bits per heavy atom. The Hall–Kier alpha value is -4.71. The van der Waals surface area contributed by atoms with Crippen LogP contribution in [0.4, 0.5) is 5.69 Å². The molecular formula is C29H23N3O3. The first-order valence-electron chi connectivity index (χ1n) is 11.3. The van der Waals surface area contributed by atoms with Crippen molar-refractivity contribution < 1.29 is 14.3 Å². The zero-order valence-corrected chi connectivity index (χ0v) is 19.1. The van der Waals surface area contributed by atoms with Crippen molar-refractivity contribution in [2.24, 2.45) is 0 Å². The molecule has 6 heteroatoms. The van der Waals surface area contributed by atoms with Crippen molar-refractivity contribution in [3.8, 4) is 17.1 Å². The molecule has 2 N–H and O–H groups in total. The molecule has 6 nitrogen and oxygen atoms in total. The number of anilines is 1. The first kappa shape index (κ1) is 22.1. The largest absolute Gasteiger partial charge is 0.481 e. The van der Waals surface area contributed by atoms with Crippen LogP contribution in [-0.2, 0) is 4.79 Å². The summed E-state index contributed by atoms with van der Waals surface area (Å²) >= 11 is 0. The summed E-state index contributed by atoms with van der Waals surface area (Å²) in [4.78, 5) is 33.2. The molecule has 0 aliphatic rings. The number of para-hydroxylation sites is 1. The van der Waals surface area contributed by atoms with Gasteiger partial charge in [0, 0.05) is 22.4 Å². The molecule has 0 radical (unpaired) electrons. The van der Waals surface area contributed by atoms with Gasteiger partial charge in [0.1, 0.15) is 11.6 Å². The van der Waals surface area contributed by atoms with Gasteiger partial charge in [0.2, 0.25) is 0 Å². The van der Waals surface area contributed by atoms with Crippen LogP contribution in [0.5, 0.6) is 5.75 Å². The van der Waals surface area contributed by atoms with Gasteiger partial charge in [-0.2, -0.15) is 0 Å². The molecule has 1 amide bonds. The predicted molar refractivity (Wildman–Crippen MR) is 137 cm³/mol. The molecule has 0 saturated heterocycles. The lowest BCUT2D eigenvalue weighted by Gasteiger charge is -2.14. The molecule has 0 saturated carbocycles. The maximum atomic E-state index is 12.8. The van der Waals surface area contributed by atoms with E-state index in [-0.39, 0.29) is 11.7 Å². The molecule has 4 aromatic carbocycles. The Morgan fingerprint density at radius 2 is 1.51 bits per heavy atom. The van der Waals surface area contributed by atoms with Gasteiger partial charge in [0.15, 0.2) is 11.9 Å².